The van der Waals surface area contributed by atoms with Crippen LogP contribution in [-0.4, -0.2) is 58.1 Å². The summed E-state index contributed by atoms with van der Waals surface area (Å²) in [5, 5.41) is 14.8. The van der Waals surface area contributed by atoms with E-state index < -0.39 is 35.7 Å². The number of carbonyl (C=O) groups is 4. The monoisotopic (exact) mass is 447 g/mol. The van der Waals surface area contributed by atoms with Crippen molar-refractivity contribution in [2.75, 3.05) is 11.9 Å². The predicted octanol–water partition coefficient (Wildman–Crippen LogP) is 3.17. The molecule has 1 aromatic carbocycles. The van der Waals surface area contributed by atoms with Crippen molar-refractivity contribution in [1.29, 1.82) is 0 Å². The summed E-state index contributed by atoms with van der Waals surface area (Å²) >= 11 is 0. The molecule has 2 unspecified atom stereocenters. The average molecular weight is 448 g/mol. The van der Waals surface area contributed by atoms with Gasteiger partial charge in [-0.05, 0) is 58.1 Å². The van der Waals surface area contributed by atoms with Crippen molar-refractivity contribution < 1.29 is 29.0 Å². The smallest absolute Gasteiger partial charge is 0.408 e. The van der Waals surface area contributed by atoms with Gasteiger partial charge < -0.3 is 25.4 Å². The summed E-state index contributed by atoms with van der Waals surface area (Å²) in [6.07, 6.45) is 0.375. The number of likely N-dealkylation sites (tertiary alicyclic amines) is 1. The summed E-state index contributed by atoms with van der Waals surface area (Å²) in [7, 11) is 0. The number of hydrogen-bond donors (Lipinski definition) is 3. The zero-order chi connectivity index (χ0) is 24.2. The first-order chi connectivity index (χ1) is 14.8. The second-order valence-corrected chi connectivity index (χ2v) is 9.35. The molecule has 1 fully saturated rings. The summed E-state index contributed by atoms with van der Waals surface area (Å²) in [4.78, 5) is 51.6. The standard InChI is InChI=1S/C23H33N3O6/c1-13(2)18(25-22(31)32-23(4,5)6)20(28)26-12-8-11-16(26)19(27)24-15-10-7-9-14(3)17(15)21(29)30/h7,9-10,13,16,18H,8,11-12H2,1-6H3,(H,24,27)(H,25,31)(H,29,30). The molecule has 0 aliphatic carbocycles. The lowest BCUT2D eigenvalue weighted by Crippen LogP contribution is -2.55. The van der Waals surface area contributed by atoms with E-state index in [1.165, 1.54) is 11.0 Å². The quantitative estimate of drug-likeness (QED) is 0.615. The molecule has 9 nitrogen and oxygen atoms in total. The molecule has 3 N–H and O–H groups in total. The number of carboxylic acids is 1. The van der Waals surface area contributed by atoms with E-state index in [9.17, 15) is 24.3 Å². The highest BCUT2D eigenvalue weighted by atomic mass is 16.6. The number of amides is 3. The Balaban J connectivity index is 2.18. The van der Waals surface area contributed by atoms with E-state index in [4.69, 9.17) is 4.74 Å². The van der Waals surface area contributed by atoms with Gasteiger partial charge in [0.1, 0.15) is 17.7 Å². The van der Waals surface area contributed by atoms with Crippen LogP contribution >= 0.6 is 0 Å². The zero-order valence-corrected chi connectivity index (χ0v) is 19.5. The van der Waals surface area contributed by atoms with Crippen LogP contribution in [0.15, 0.2) is 18.2 Å². The van der Waals surface area contributed by atoms with Crippen LogP contribution in [0.25, 0.3) is 0 Å². The van der Waals surface area contributed by atoms with Crippen LogP contribution in [0.5, 0.6) is 0 Å². The fourth-order valence-corrected chi connectivity index (χ4v) is 3.70. The number of benzene rings is 1. The second-order valence-electron chi connectivity index (χ2n) is 9.35. The van der Waals surface area contributed by atoms with Gasteiger partial charge in [0.2, 0.25) is 11.8 Å². The summed E-state index contributed by atoms with van der Waals surface area (Å²) in [5.41, 5.74) is 0.0222. The van der Waals surface area contributed by atoms with E-state index in [2.05, 4.69) is 10.6 Å². The minimum Gasteiger partial charge on any atom is -0.478 e. The van der Waals surface area contributed by atoms with Gasteiger partial charge in [-0.2, -0.15) is 0 Å². The van der Waals surface area contributed by atoms with Gasteiger partial charge in [0, 0.05) is 6.54 Å². The van der Waals surface area contributed by atoms with Gasteiger partial charge in [-0.15, -0.1) is 0 Å². The Morgan fingerprint density at radius 1 is 1.19 bits per heavy atom. The molecule has 3 amide bonds. The fourth-order valence-electron chi connectivity index (χ4n) is 3.70. The maximum Gasteiger partial charge on any atom is 0.408 e. The lowest BCUT2D eigenvalue weighted by Gasteiger charge is -2.31. The number of ether oxygens (including phenoxy) is 1. The Hall–Kier alpha value is -3.10. The first kappa shape index (κ1) is 25.2. The molecule has 1 aromatic rings. The topological polar surface area (TPSA) is 125 Å². The molecule has 1 aliphatic rings. The van der Waals surface area contributed by atoms with Crippen LogP contribution in [-0.2, 0) is 14.3 Å². The molecule has 1 saturated heterocycles. The van der Waals surface area contributed by atoms with Crippen molar-refractivity contribution in [1.82, 2.24) is 10.2 Å². The Morgan fingerprint density at radius 2 is 1.84 bits per heavy atom. The van der Waals surface area contributed by atoms with E-state index in [1.54, 1.807) is 53.7 Å². The van der Waals surface area contributed by atoms with Crippen molar-refractivity contribution in [3.8, 4) is 0 Å². The molecular weight excluding hydrogens is 414 g/mol. The van der Waals surface area contributed by atoms with Crippen LogP contribution in [0, 0.1) is 12.8 Å². The number of carbonyl (C=O) groups excluding carboxylic acids is 3. The molecule has 1 heterocycles. The Morgan fingerprint density at radius 3 is 2.41 bits per heavy atom. The van der Waals surface area contributed by atoms with Crippen LogP contribution in [0.1, 0.15) is 63.4 Å². The number of anilines is 1. The molecular formula is C23H33N3O6. The molecule has 0 saturated carbocycles. The van der Waals surface area contributed by atoms with E-state index in [1.807, 2.05) is 0 Å². The average Bonchev–Trinajstić information content (AvgIpc) is 3.13. The first-order valence-corrected chi connectivity index (χ1v) is 10.8. The molecule has 2 atom stereocenters. The lowest BCUT2D eigenvalue weighted by molar-refractivity contribution is -0.139. The van der Waals surface area contributed by atoms with Crippen LogP contribution in [0.3, 0.4) is 0 Å². The molecule has 32 heavy (non-hydrogen) atoms. The van der Waals surface area contributed by atoms with Gasteiger partial charge in [0.25, 0.3) is 0 Å². The summed E-state index contributed by atoms with van der Waals surface area (Å²) in [6, 6.07) is 3.23. The van der Waals surface area contributed by atoms with Crippen molar-refractivity contribution >= 4 is 29.6 Å². The third kappa shape index (κ3) is 6.21. The van der Waals surface area contributed by atoms with Gasteiger partial charge in [0.15, 0.2) is 0 Å². The molecule has 2 rings (SSSR count). The van der Waals surface area contributed by atoms with Crippen molar-refractivity contribution in [3.63, 3.8) is 0 Å². The van der Waals surface area contributed by atoms with Gasteiger partial charge in [-0.1, -0.05) is 26.0 Å². The molecule has 176 valence electrons. The predicted molar refractivity (Wildman–Crippen MR) is 119 cm³/mol. The number of hydrogen-bond acceptors (Lipinski definition) is 5. The third-order valence-corrected chi connectivity index (χ3v) is 5.19. The number of alkyl carbamates (subject to hydrolysis) is 1. The van der Waals surface area contributed by atoms with Gasteiger partial charge >= 0.3 is 12.1 Å². The number of rotatable bonds is 6. The fraction of sp³-hybridized carbons (Fsp3) is 0.565. The molecule has 9 heteroatoms. The van der Waals surface area contributed by atoms with Gasteiger partial charge in [-0.3, -0.25) is 9.59 Å². The SMILES string of the molecule is Cc1cccc(NC(=O)C2CCCN2C(=O)C(NC(=O)OC(C)(C)C)C(C)C)c1C(=O)O. The highest BCUT2D eigenvalue weighted by Crippen LogP contribution is 2.24. The van der Waals surface area contributed by atoms with Gasteiger partial charge in [-0.25, -0.2) is 9.59 Å². The number of nitrogens with zero attached hydrogens (tertiary/aromatic N) is 1. The number of aromatic carboxylic acids is 1. The summed E-state index contributed by atoms with van der Waals surface area (Å²) in [6.45, 7) is 10.8. The number of nitrogens with one attached hydrogen (secondary N) is 2. The van der Waals surface area contributed by atoms with Crippen molar-refractivity contribution in [3.05, 3.63) is 29.3 Å². The number of carboxylic acid groups (broad SMARTS) is 1. The Bertz CT molecular complexity index is 890. The largest absolute Gasteiger partial charge is 0.478 e. The first-order valence-electron chi connectivity index (χ1n) is 10.8. The third-order valence-electron chi connectivity index (χ3n) is 5.19. The van der Waals surface area contributed by atoms with Crippen LogP contribution < -0.4 is 10.6 Å². The van der Waals surface area contributed by atoms with Crippen molar-refractivity contribution in [2.45, 2.75) is 72.1 Å². The highest BCUT2D eigenvalue weighted by Gasteiger charge is 2.39. The van der Waals surface area contributed by atoms with E-state index in [0.29, 0.717) is 24.9 Å². The van der Waals surface area contributed by atoms with E-state index in [-0.39, 0.29) is 23.1 Å². The lowest BCUT2D eigenvalue weighted by atomic mass is 10.0. The molecule has 0 radical (unpaired) electrons. The van der Waals surface area contributed by atoms with Crippen molar-refractivity contribution in [2.24, 2.45) is 5.92 Å². The van der Waals surface area contributed by atoms with Gasteiger partial charge in [0.05, 0.1) is 11.3 Å². The normalized spacial score (nSPS) is 17.1. The minimum absolute atomic E-state index is 0.0170. The maximum absolute atomic E-state index is 13.3. The molecule has 0 bridgehead atoms. The molecule has 1 aliphatic heterocycles. The van der Waals surface area contributed by atoms with Crippen LogP contribution in [0.2, 0.25) is 0 Å². The number of aryl methyl sites for hydroxylation is 1. The Labute approximate surface area is 188 Å². The van der Waals surface area contributed by atoms with E-state index >= 15 is 0 Å². The highest BCUT2D eigenvalue weighted by molar-refractivity contribution is 6.04. The van der Waals surface area contributed by atoms with E-state index in [0.717, 1.165) is 0 Å². The minimum atomic E-state index is -1.14. The Kier molecular flexibility index (Phi) is 7.87. The zero-order valence-electron chi connectivity index (χ0n) is 19.5. The maximum atomic E-state index is 13.3. The molecule has 0 spiro atoms. The summed E-state index contributed by atoms with van der Waals surface area (Å²) < 4.78 is 5.28. The molecule has 0 aromatic heterocycles. The summed E-state index contributed by atoms with van der Waals surface area (Å²) in [5.74, 6) is -2.19. The van der Waals surface area contributed by atoms with Crippen LogP contribution in [0.4, 0.5) is 10.5 Å². The second kappa shape index (κ2) is 10.0.